The Morgan fingerprint density at radius 1 is 0.522 bits per heavy atom. The first-order chi connectivity index (χ1) is 22.5. The second-order valence-corrected chi connectivity index (χ2v) is 13.3. The number of hydrogen-bond acceptors (Lipinski definition) is 5. The molecule has 1 amide bonds. The summed E-state index contributed by atoms with van der Waals surface area (Å²) in [6.45, 7) is 3.99. The molecule has 0 aliphatic rings. The minimum absolute atomic E-state index is 0.352. The van der Waals surface area contributed by atoms with Crippen LogP contribution in [0.4, 0.5) is 0 Å². The van der Waals surface area contributed by atoms with Crippen molar-refractivity contribution in [3.05, 3.63) is 36.5 Å². The Bertz CT molecular complexity index is 737. The molecule has 0 saturated heterocycles. The van der Waals surface area contributed by atoms with E-state index in [4.69, 9.17) is 0 Å². The zero-order chi connectivity index (χ0) is 33.9. The van der Waals surface area contributed by atoms with E-state index in [1.165, 1.54) is 96.3 Å². The van der Waals surface area contributed by atoms with Gasteiger partial charge in [-0.05, 0) is 77.0 Å². The normalized spacial score (nSPS) is 14.8. The molecule has 0 spiro atoms. The molecule has 0 fully saturated rings. The summed E-state index contributed by atoms with van der Waals surface area (Å²) in [4.78, 5) is 12.4. The molecule has 0 saturated carbocycles. The number of amides is 1. The average Bonchev–Trinajstić information content (AvgIpc) is 3.06. The van der Waals surface area contributed by atoms with E-state index in [9.17, 15) is 25.2 Å². The Kier molecular flexibility index (Phi) is 33.7. The fraction of sp³-hybridized carbons (Fsp3) is 0.825. The Morgan fingerprint density at radius 3 is 1.39 bits per heavy atom. The minimum Gasteiger partial charge on any atom is -0.394 e. The third-order valence-corrected chi connectivity index (χ3v) is 8.80. The van der Waals surface area contributed by atoms with Crippen molar-refractivity contribution in [2.24, 2.45) is 0 Å². The summed E-state index contributed by atoms with van der Waals surface area (Å²) in [6.07, 6.45) is 38.8. The van der Waals surface area contributed by atoms with Crippen molar-refractivity contribution < 1.29 is 25.2 Å². The van der Waals surface area contributed by atoms with E-state index >= 15 is 0 Å². The number of unbranched alkanes of at least 4 members (excludes halogenated alkanes) is 19. The van der Waals surface area contributed by atoms with Gasteiger partial charge in [-0.15, -0.1) is 0 Å². The van der Waals surface area contributed by atoms with Crippen molar-refractivity contribution in [3.63, 3.8) is 0 Å². The molecule has 0 aromatic carbocycles. The van der Waals surface area contributed by atoms with Crippen molar-refractivity contribution in [3.8, 4) is 0 Å². The molecule has 5 N–H and O–H groups in total. The van der Waals surface area contributed by atoms with Gasteiger partial charge in [0.25, 0.3) is 0 Å². The third kappa shape index (κ3) is 28.7. The van der Waals surface area contributed by atoms with Gasteiger partial charge < -0.3 is 25.7 Å². The highest BCUT2D eigenvalue weighted by atomic mass is 16.3. The van der Waals surface area contributed by atoms with Gasteiger partial charge >= 0.3 is 0 Å². The van der Waals surface area contributed by atoms with Gasteiger partial charge in [-0.1, -0.05) is 140 Å². The summed E-state index contributed by atoms with van der Waals surface area (Å²) in [5.74, 6) is -0.605. The van der Waals surface area contributed by atoms with Crippen LogP contribution in [0.1, 0.15) is 181 Å². The number of nitrogens with one attached hydrogen (secondary N) is 1. The zero-order valence-electron chi connectivity index (χ0n) is 30.1. The molecule has 4 unspecified atom stereocenters. The fourth-order valence-corrected chi connectivity index (χ4v) is 5.65. The molecule has 46 heavy (non-hydrogen) atoms. The third-order valence-electron chi connectivity index (χ3n) is 8.80. The van der Waals surface area contributed by atoms with Crippen molar-refractivity contribution in [1.29, 1.82) is 0 Å². The maximum Gasteiger partial charge on any atom is 0.249 e. The first-order valence-electron chi connectivity index (χ1n) is 19.4. The quantitative estimate of drug-likeness (QED) is 0.0352. The summed E-state index contributed by atoms with van der Waals surface area (Å²) in [6, 6.07) is -1.01. The lowest BCUT2D eigenvalue weighted by molar-refractivity contribution is -0.132. The van der Waals surface area contributed by atoms with Crippen LogP contribution < -0.4 is 5.32 Å². The Hall–Kier alpha value is -1.47. The number of aliphatic hydroxyl groups excluding tert-OH is 4. The molecule has 0 aromatic heterocycles. The van der Waals surface area contributed by atoms with E-state index in [-0.39, 0.29) is 0 Å². The molecule has 0 rings (SSSR count). The molecule has 6 nitrogen and oxygen atoms in total. The van der Waals surface area contributed by atoms with E-state index in [0.29, 0.717) is 19.3 Å². The van der Waals surface area contributed by atoms with Gasteiger partial charge in [-0.3, -0.25) is 4.79 Å². The first-order valence-corrected chi connectivity index (χ1v) is 19.4. The van der Waals surface area contributed by atoms with Crippen molar-refractivity contribution >= 4 is 5.91 Å². The molecule has 0 bridgehead atoms. The predicted octanol–water partition coefficient (Wildman–Crippen LogP) is 9.40. The van der Waals surface area contributed by atoms with Crippen LogP contribution in [0.3, 0.4) is 0 Å². The van der Waals surface area contributed by atoms with Crippen molar-refractivity contribution in [2.45, 2.75) is 205 Å². The highest BCUT2D eigenvalue weighted by Crippen LogP contribution is 2.13. The Balaban J connectivity index is 3.89. The summed E-state index contributed by atoms with van der Waals surface area (Å²) in [7, 11) is 0. The van der Waals surface area contributed by atoms with Crippen LogP contribution in [0, 0.1) is 0 Å². The summed E-state index contributed by atoms with van der Waals surface area (Å²) >= 11 is 0. The van der Waals surface area contributed by atoms with Crippen LogP contribution in [0.25, 0.3) is 0 Å². The number of hydrogen-bond donors (Lipinski definition) is 5. The van der Waals surface area contributed by atoms with Gasteiger partial charge in [0.2, 0.25) is 5.91 Å². The van der Waals surface area contributed by atoms with Crippen molar-refractivity contribution in [2.75, 3.05) is 6.61 Å². The van der Waals surface area contributed by atoms with E-state index in [2.05, 4.69) is 55.6 Å². The number of carbonyl (C=O) groups excluding carboxylic acids is 1. The maximum atomic E-state index is 12.4. The molecular formula is C40H75NO5. The number of rotatable bonds is 34. The molecule has 0 aliphatic heterocycles. The largest absolute Gasteiger partial charge is 0.394 e. The molecule has 0 aliphatic carbocycles. The van der Waals surface area contributed by atoms with Gasteiger partial charge in [0.1, 0.15) is 12.2 Å². The van der Waals surface area contributed by atoms with Crippen LogP contribution in [-0.2, 0) is 4.79 Å². The monoisotopic (exact) mass is 650 g/mol. The number of carbonyl (C=O) groups is 1. The second kappa shape index (κ2) is 34.9. The average molecular weight is 650 g/mol. The van der Waals surface area contributed by atoms with Gasteiger partial charge in [-0.25, -0.2) is 0 Å². The Morgan fingerprint density at radius 2 is 0.913 bits per heavy atom. The summed E-state index contributed by atoms with van der Waals surface area (Å²) in [5.41, 5.74) is 0. The summed E-state index contributed by atoms with van der Waals surface area (Å²) < 4.78 is 0. The lowest BCUT2D eigenvalue weighted by atomic mass is 10.00. The van der Waals surface area contributed by atoms with Gasteiger partial charge in [0.05, 0.1) is 18.8 Å². The molecule has 6 heteroatoms. The lowest BCUT2D eigenvalue weighted by Gasteiger charge is -2.27. The van der Waals surface area contributed by atoms with Crippen LogP contribution in [0.5, 0.6) is 0 Å². The van der Waals surface area contributed by atoms with Crippen LogP contribution in [-0.4, -0.2) is 57.3 Å². The van der Waals surface area contributed by atoms with Gasteiger partial charge in [0, 0.05) is 0 Å². The highest BCUT2D eigenvalue weighted by Gasteiger charge is 2.28. The van der Waals surface area contributed by atoms with E-state index in [0.717, 1.165) is 51.4 Å². The molecule has 4 atom stereocenters. The fourth-order valence-electron chi connectivity index (χ4n) is 5.65. The Labute approximate surface area is 284 Å². The molecule has 0 aromatic rings. The number of aliphatic hydroxyl groups is 4. The van der Waals surface area contributed by atoms with E-state index < -0.39 is 36.9 Å². The molecule has 0 heterocycles. The van der Waals surface area contributed by atoms with Crippen LogP contribution in [0.15, 0.2) is 36.5 Å². The van der Waals surface area contributed by atoms with Gasteiger partial charge in [-0.2, -0.15) is 0 Å². The standard InChI is InChI=1S/C40H75NO5/c1-3-5-7-9-11-13-15-17-19-20-22-23-25-27-29-31-33-37(43)39(45)36(35-42)41-40(46)38(44)34-32-30-28-26-24-21-18-16-14-12-10-8-6-4-2/h14,16,19-20,25,27,36-39,42-45H,3-13,15,17-18,21-24,26,28-35H2,1-2H3,(H,41,46)/b16-14-,20-19+,27-25+. The smallest absolute Gasteiger partial charge is 0.249 e. The highest BCUT2D eigenvalue weighted by molar-refractivity contribution is 5.80. The molecule has 0 radical (unpaired) electrons. The topological polar surface area (TPSA) is 110 Å². The minimum atomic E-state index is -1.29. The first kappa shape index (κ1) is 44.5. The van der Waals surface area contributed by atoms with Crippen molar-refractivity contribution in [1.82, 2.24) is 5.32 Å². The number of allylic oxidation sites excluding steroid dienone is 6. The molecular weight excluding hydrogens is 574 g/mol. The van der Waals surface area contributed by atoms with Gasteiger partial charge in [0.15, 0.2) is 0 Å². The lowest BCUT2D eigenvalue weighted by Crippen LogP contribution is -2.53. The zero-order valence-corrected chi connectivity index (χ0v) is 30.1. The SMILES string of the molecule is CCCCCC/C=C\CCCCCCCCC(O)C(=O)NC(CO)C(O)C(O)CCC/C=C/CC/C=C/CCCCCCCCC. The van der Waals surface area contributed by atoms with E-state index in [1.54, 1.807) is 0 Å². The predicted molar refractivity (Wildman–Crippen MR) is 196 cm³/mol. The van der Waals surface area contributed by atoms with Crippen LogP contribution >= 0.6 is 0 Å². The second-order valence-electron chi connectivity index (χ2n) is 13.3. The molecule has 270 valence electrons. The maximum absolute atomic E-state index is 12.4. The summed E-state index contributed by atoms with van der Waals surface area (Å²) in [5, 5.41) is 43.4. The van der Waals surface area contributed by atoms with E-state index in [1.807, 2.05) is 0 Å². The van der Waals surface area contributed by atoms with Crippen LogP contribution in [0.2, 0.25) is 0 Å².